The number of imidazole rings is 1. The monoisotopic (exact) mass is 315 g/mol. The Morgan fingerprint density at radius 1 is 1.09 bits per heavy atom. The second-order valence-corrected chi connectivity index (χ2v) is 6.43. The van der Waals surface area contributed by atoms with E-state index in [1.807, 2.05) is 33.4 Å². The van der Waals surface area contributed by atoms with Crippen LogP contribution in [0.3, 0.4) is 0 Å². The second-order valence-electron chi connectivity index (χ2n) is 5.49. The van der Waals surface area contributed by atoms with Crippen molar-refractivity contribution in [1.82, 2.24) is 14.1 Å². The van der Waals surface area contributed by atoms with Crippen molar-refractivity contribution in [2.24, 2.45) is 0 Å². The van der Waals surface area contributed by atoms with Crippen molar-refractivity contribution in [2.75, 3.05) is 0 Å². The third-order valence-electron chi connectivity index (χ3n) is 3.76. The molecule has 0 saturated heterocycles. The van der Waals surface area contributed by atoms with E-state index in [4.69, 9.17) is 0 Å². The number of benzene rings is 1. The van der Waals surface area contributed by atoms with Gasteiger partial charge in [-0.05, 0) is 31.4 Å². The highest BCUT2D eigenvalue weighted by Crippen LogP contribution is 2.17. The highest BCUT2D eigenvalue weighted by molar-refractivity contribution is 7.09. The molecule has 0 aliphatic heterocycles. The Balaban J connectivity index is 2.02. The summed E-state index contributed by atoms with van der Waals surface area (Å²) in [6.07, 6.45) is 3.06. The van der Waals surface area contributed by atoms with E-state index in [9.17, 15) is 4.79 Å². The molecule has 0 fully saturated rings. The molecule has 116 valence electrons. The molecule has 0 radical (unpaired) electrons. The lowest BCUT2D eigenvalue weighted by atomic mass is 10.3. The van der Waals surface area contributed by atoms with Crippen LogP contribution in [0, 0.1) is 0 Å². The highest BCUT2D eigenvalue weighted by Gasteiger charge is 2.13. The molecule has 0 N–H and O–H groups in total. The number of nitrogens with zero attached hydrogens (tertiary/aromatic N) is 3. The van der Waals surface area contributed by atoms with Gasteiger partial charge in [-0.25, -0.2) is 9.78 Å². The number of fused-ring (bicyclic) bond motifs is 1. The Labute approximate surface area is 134 Å². The standard InChI is InChI=1S/C17H21N3OS/c1-3-7-16-18-13(12-22-16)11-20-15-9-6-5-8-14(15)19(10-4-2)17(20)21/h5-6,8-9,12H,3-4,7,10-11H2,1-2H3. The average molecular weight is 315 g/mol. The minimum Gasteiger partial charge on any atom is -0.292 e. The van der Waals surface area contributed by atoms with Crippen molar-refractivity contribution in [1.29, 1.82) is 0 Å². The molecule has 3 rings (SSSR count). The van der Waals surface area contributed by atoms with Gasteiger partial charge in [0.15, 0.2) is 0 Å². The van der Waals surface area contributed by atoms with Gasteiger partial charge < -0.3 is 0 Å². The van der Waals surface area contributed by atoms with Gasteiger partial charge in [0.1, 0.15) is 0 Å². The molecule has 0 amide bonds. The first-order valence-corrected chi connectivity index (χ1v) is 8.74. The molecule has 2 aromatic heterocycles. The Bertz CT molecular complexity index is 828. The third-order valence-corrected chi connectivity index (χ3v) is 4.71. The fourth-order valence-corrected chi connectivity index (χ4v) is 3.67. The maximum atomic E-state index is 12.7. The summed E-state index contributed by atoms with van der Waals surface area (Å²) >= 11 is 1.69. The van der Waals surface area contributed by atoms with Crippen molar-refractivity contribution in [2.45, 2.75) is 46.2 Å². The predicted molar refractivity (Wildman–Crippen MR) is 91.7 cm³/mol. The summed E-state index contributed by atoms with van der Waals surface area (Å²) in [5.41, 5.74) is 3.05. The Morgan fingerprint density at radius 2 is 1.82 bits per heavy atom. The van der Waals surface area contributed by atoms with Crippen LogP contribution in [0.4, 0.5) is 0 Å². The zero-order valence-corrected chi connectivity index (χ0v) is 13.9. The number of para-hydroxylation sites is 2. The number of hydrogen-bond acceptors (Lipinski definition) is 3. The molecule has 0 bridgehead atoms. The van der Waals surface area contributed by atoms with E-state index in [0.717, 1.165) is 47.5 Å². The molecule has 2 heterocycles. The number of aryl methyl sites for hydroxylation is 2. The quantitative estimate of drug-likeness (QED) is 0.696. The van der Waals surface area contributed by atoms with Gasteiger partial charge >= 0.3 is 5.69 Å². The zero-order valence-electron chi connectivity index (χ0n) is 13.1. The molecule has 0 aliphatic rings. The molecule has 22 heavy (non-hydrogen) atoms. The van der Waals surface area contributed by atoms with Gasteiger partial charge in [0.05, 0.1) is 28.3 Å². The van der Waals surface area contributed by atoms with Crippen molar-refractivity contribution in [3.63, 3.8) is 0 Å². The second kappa shape index (κ2) is 6.48. The van der Waals surface area contributed by atoms with E-state index in [1.165, 1.54) is 0 Å². The van der Waals surface area contributed by atoms with Crippen LogP contribution in [-0.4, -0.2) is 14.1 Å². The third kappa shape index (κ3) is 2.73. The Hall–Kier alpha value is -1.88. The van der Waals surface area contributed by atoms with Crippen LogP contribution < -0.4 is 5.69 Å². The van der Waals surface area contributed by atoms with Gasteiger partial charge in [0.2, 0.25) is 0 Å². The highest BCUT2D eigenvalue weighted by atomic mass is 32.1. The SMILES string of the molecule is CCCc1nc(Cn2c(=O)n(CCC)c3ccccc32)cs1. The van der Waals surface area contributed by atoms with Crippen molar-refractivity contribution in [3.05, 3.63) is 50.8 Å². The fourth-order valence-electron chi connectivity index (χ4n) is 2.78. The summed E-state index contributed by atoms with van der Waals surface area (Å²) < 4.78 is 3.71. The fraction of sp³-hybridized carbons (Fsp3) is 0.412. The lowest BCUT2D eigenvalue weighted by Gasteiger charge is -2.00. The van der Waals surface area contributed by atoms with Gasteiger partial charge in [0.25, 0.3) is 0 Å². The zero-order chi connectivity index (χ0) is 15.5. The van der Waals surface area contributed by atoms with Crippen LogP contribution in [0.5, 0.6) is 0 Å². The topological polar surface area (TPSA) is 39.8 Å². The first kappa shape index (κ1) is 15.0. The molecule has 0 saturated carbocycles. The van der Waals surface area contributed by atoms with E-state index in [2.05, 4.69) is 24.2 Å². The van der Waals surface area contributed by atoms with Crippen LogP contribution in [0.25, 0.3) is 11.0 Å². The first-order chi connectivity index (χ1) is 10.7. The summed E-state index contributed by atoms with van der Waals surface area (Å²) in [5, 5.41) is 3.23. The van der Waals surface area contributed by atoms with Gasteiger partial charge in [-0.1, -0.05) is 26.0 Å². The molecule has 1 aromatic carbocycles. The van der Waals surface area contributed by atoms with Crippen LogP contribution in [0.15, 0.2) is 34.4 Å². The summed E-state index contributed by atoms with van der Waals surface area (Å²) in [6.45, 7) is 5.56. The van der Waals surface area contributed by atoms with Crippen molar-refractivity contribution < 1.29 is 0 Å². The van der Waals surface area contributed by atoms with Crippen LogP contribution >= 0.6 is 11.3 Å². The maximum absolute atomic E-state index is 12.7. The molecule has 0 aliphatic carbocycles. The van der Waals surface area contributed by atoms with Crippen molar-refractivity contribution >= 4 is 22.4 Å². The molecular weight excluding hydrogens is 294 g/mol. The van der Waals surface area contributed by atoms with E-state index in [-0.39, 0.29) is 5.69 Å². The predicted octanol–water partition coefficient (Wildman–Crippen LogP) is 3.67. The largest absolute Gasteiger partial charge is 0.329 e. The first-order valence-electron chi connectivity index (χ1n) is 7.86. The van der Waals surface area contributed by atoms with E-state index >= 15 is 0 Å². The molecule has 0 atom stereocenters. The van der Waals surface area contributed by atoms with Gasteiger partial charge in [-0.2, -0.15) is 0 Å². The molecule has 0 unspecified atom stereocenters. The van der Waals surface area contributed by atoms with E-state index < -0.39 is 0 Å². The molecule has 3 aromatic rings. The van der Waals surface area contributed by atoms with Gasteiger partial charge in [-0.15, -0.1) is 11.3 Å². The lowest BCUT2D eigenvalue weighted by Crippen LogP contribution is -2.24. The van der Waals surface area contributed by atoms with Crippen molar-refractivity contribution in [3.8, 4) is 0 Å². The number of thiazole rings is 1. The van der Waals surface area contributed by atoms with E-state index in [0.29, 0.717) is 6.54 Å². The van der Waals surface area contributed by atoms with Gasteiger partial charge in [-0.3, -0.25) is 9.13 Å². The van der Waals surface area contributed by atoms with E-state index in [1.54, 1.807) is 11.3 Å². The van der Waals surface area contributed by atoms with Crippen LogP contribution in [0.2, 0.25) is 0 Å². The smallest absolute Gasteiger partial charge is 0.292 e. The summed E-state index contributed by atoms with van der Waals surface area (Å²) in [5.74, 6) is 0. The maximum Gasteiger partial charge on any atom is 0.329 e. The Kier molecular flexibility index (Phi) is 4.43. The van der Waals surface area contributed by atoms with Crippen LogP contribution in [-0.2, 0) is 19.5 Å². The molecule has 5 heteroatoms. The number of hydrogen-bond donors (Lipinski definition) is 0. The normalized spacial score (nSPS) is 11.4. The molecule has 0 spiro atoms. The minimum atomic E-state index is 0.0630. The Morgan fingerprint density at radius 3 is 2.50 bits per heavy atom. The molecular formula is C17H21N3OS. The average Bonchev–Trinajstić information content (AvgIpc) is 3.07. The lowest BCUT2D eigenvalue weighted by molar-refractivity contribution is 0.635. The van der Waals surface area contributed by atoms with Gasteiger partial charge in [0, 0.05) is 11.9 Å². The minimum absolute atomic E-state index is 0.0630. The summed E-state index contributed by atoms with van der Waals surface area (Å²) in [4.78, 5) is 17.4. The number of rotatable bonds is 6. The summed E-state index contributed by atoms with van der Waals surface area (Å²) in [7, 11) is 0. The molecule has 4 nitrogen and oxygen atoms in total. The summed E-state index contributed by atoms with van der Waals surface area (Å²) in [6, 6.07) is 8.01. The van der Waals surface area contributed by atoms with Crippen LogP contribution in [0.1, 0.15) is 37.4 Å². The number of aromatic nitrogens is 3.